The Morgan fingerprint density at radius 3 is 2.24 bits per heavy atom. The van der Waals surface area contributed by atoms with Gasteiger partial charge in [-0.1, -0.05) is 17.2 Å². The molecule has 0 fully saturated rings. The maximum atomic E-state index is 12.7. The normalized spacial score (nSPS) is 12.0. The summed E-state index contributed by atoms with van der Waals surface area (Å²) in [5.74, 6) is 0.580. The van der Waals surface area contributed by atoms with Crippen molar-refractivity contribution >= 4 is 11.0 Å². The number of hydrogen-bond acceptors (Lipinski definition) is 1. The van der Waals surface area contributed by atoms with Crippen LogP contribution in [0.4, 0.5) is 13.2 Å². The second-order valence-electron chi connectivity index (χ2n) is 5.19. The van der Waals surface area contributed by atoms with Gasteiger partial charge in [-0.15, -0.1) is 0 Å². The number of hydrogen-bond donors (Lipinski definition) is 1. The highest BCUT2D eigenvalue weighted by atomic mass is 19.4. The van der Waals surface area contributed by atoms with Gasteiger partial charge in [-0.3, -0.25) is 0 Å². The van der Waals surface area contributed by atoms with Crippen LogP contribution in [-0.4, -0.2) is 9.97 Å². The van der Waals surface area contributed by atoms with Crippen molar-refractivity contribution in [3.8, 4) is 11.4 Å². The van der Waals surface area contributed by atoms with E-state index in [4.69, 9.17) is 0 Å². The summed E-state index contributed by atoms with van der Waals surface area (Å²) in [5, 5.41) is 0. The first-order valence-electron chi connectivity index (χ1n) is 6.48. The number of benzene rings is 2. The molecule has 1 heterocycles. The number of rotatable bonds is 1. The molecule has 0 unspecified atom stereocenters. The molecular formula is C16H13F3N2. The first kappa shape index (κ1) is 13.7. The van der Waals surface area contributed by atoms with Gasteiger partial charge in [0.1, 0.15) is 5.82 Å². The lowest BCUT2D eigenvalue weighted by Gasteiger charge is -2.05. The monoisotopic (exact) mass is 290 g/mol. The van der Waals surface area contributed by atoms with Crippen molar-refractivity contribution in [2.75, 3.05) is 0 Å². The number of aromatic nitrogens is 2. The largest absolute Gasteiger partial charge is 0.416 e. The first-order valence-corrected chi connectivity index (χ1v) is 6.48. The number of H-pyrrole nitrogens is 1. The predicted octanol–water partition coefficient (Wildman–Crippen LogP) is 4.87. The minimum atomic E-state index is -4.35. The van der Waals surface area contributed by atoms with Gasteiger partial charge >= 0.3 is 6.18 Å². The molecule has 0 amide bonds. The molecule has 5 heteroatoms. The van der Waals surface area contributed by atoms with Crippen LogP contribution in [0.2, 0.25) is 0 Å². The Kier molecular flexibility index (Phi) is 3.01. The standard InChI is InChI=1S/C16H13F3N2/c1-9-5-10(2)7-11(6-9)15-20-13-4-3-12(16(17,18)19)8-14(13)21-15/h3-8H,1-2H3,(H,20,21). The molecule has 0 aliphatic heterocycles. The molecule has 0 atom stereocenters. The van der Waals surface area contributed by atoms with E-state index in [0.717, 1.165) is 28.8 Å². The minimum Gasteiger partial charge on any atom is -0.338 e. The maximum Gasteiger partial charge on any atom is 0.416 e. The summed E-state index contributed by atoms with van der Waals surface area (Å²) >= 11 is 0. The van der Waals surface area contributed by atoms with Crippen molar-refractivity contribution in [1.82, 2.24) is 9.97 Å². The van der Waals surface area contributed by atoms with Crippen LogP contribution in [0.25, 0.3) is 22.4 Å². The summed E-state index contributed by atoms with van der Waals surface area (Å²) in [6, 6.07) is 9.47. The summed E-state index contributed by atoms with van der Waals surface area (Å²) in [5.41, 5.74) is 3.28. The zero-order valence-electron chi connectivity index (χ0n) is 11.5. The lowest BCUT2D eigenvalue weighted by Crippen LogP contribution is -2.04. The van der Waals surface area contributed by atoms with Crippen LogP contribution in [0.15, 0.2) is 36.4 Å². The number of imidazole rings is 1. The van der Waals surface area contributed by atoms with E-state index in [9.17, 15) is 13.2 Å². The number of alkyl halides is 3. The molecule has 0 spiro atoms. The molecule has 2 nitrogen and oxygen atoms in total. The molecule has 0 saturated heterocycles. The van der Waals surface area contributed by atoms with Crippen molar-refractivity contribution in [2.24, 2.45) is 0 Å². The van der Waals surface area contributed by atoms with Crippen molar-refractivity contribution in [3.05, 3.63) is 53.1 Å². The maximum absolute atomic E-state index is 12.7. The van der Waals surface area contributed by atoms with Gasteiger partial charge < -0.3 is 4.98 Å². The smallest absolute Gasteiger partial charge is 0.338 e. The van der Waals surface area contributed by atoms with Crippen molar-refractivity contribution in [1.29, 1.82) is 0 Å². The Balaban J connectivity index is 2.13. The van der Waals surface area contributed by atoms with Crippen LogP contribution in [0.1, 0.15) is 16.7 Å². The molecule has 21 heavy (non-hydrogen) atoms. The Hall–Kier alpha value is -2.30. The number of fused-ring (bicyclic) bond motifs is 1. The average Bonchev–Trinajstić information content (AvgIpc) is 2.79. The van der Waals surface area contributed by atoms with Gasteiger partial charge in [0.15, 0.2) is 0 Å². The SMILES string of the molecule is Cc1cc(C)cc(-c2nc3ccc(C(F)(F)F)cc3[nH]2)c1. The van der Waals surface area contributed by atoms with Crippen molar-refractivity contribution < 1.29 is 13.2 Å². The third-order valence-corrected chi connectivity index (χ3v) is 3.30. The topological polar surface area (TPSA) is 28.7 Å². The van der Waals surface area contributed by atoms with Crippen LogP contribution in [-0.2, 0) is 6.18 Å². The van der Waals surface area contributed by atoms with E-state index in [1.54, 1.807) is 0 Å². The molecular weight excluding hydrogens is 277 g/mol. The molecule has 0 aliphatic rings. The summed E-state index contributed by atoms with van der Waals surface area (Å²) in [6.45, 7) is 3.95. The number of nitrogens with zero attached hydrogens (tertiary/aromatic N) is 1. The second kappa shape index (κ2) is 4.62. The van der Waals surface area contributed by atoms with Crippen LogP contribution in [0.5, 0.6) is 0 Å². The lowest BCUT2D eigenvalue weighted by molar-refractivity contribution is -0.137. The van der Waals surface area contributed by atoms with E-state index in [0.29, 0.717) is 16.9 Å². The fraction of sp³-hybridized carbons (Fsp3) is 0.188. The van der Waals surface area contributed by atoms with E-state index in [1.165, 1.54) is 6.07 Å². The molecule has 108 valence electrons. The Bertz CT molecular complexity index is 796. The molecule has 1 N–H and O–H groups in total. The molecule has 0 bridgehead atoms. The predicted molar refractivity (Wildman–Crippen MR) is 76.0 cm³/mol. The number of nitrogens with one attached hydrogen (secondary N) is 1. The molecule has 1 aromatic heterocycles. The Labute approximate surface area is 119 Å². The zero-order valence-corrected chi connectivity index (χ0v) is 11.5. The third-order valence-electron chi connectivity index (χ3n) is 3.30. The molecule has 2 aromatic carbocycles. The summed E-state index contributed by atoms with van der Waals surface area (Å²) in [4.78, 5) is 7.33. The van der Waals surface area contributed by atoms with Gasteiger partial charge in [-0.2, -0.15) is 13.2 Å². The molecule has 0 radical (unpaired) electrons. The first-order chi connectivity index (χ1) is 9.83. The zero-order chi connectivity index (χ0) is 15.2. The highest BCUT2D eigenvalue weighted by Gasteiger charge is 2.30. The summed E-state index contributed by atoms with van der Waals surface area (Å²) in [7, 11) is 0. The van der Waals surface area contributed by atoms with E-state index in [2.05, 4.69) is 9.97 Å². The van der Waals surface area contributed by atoms with Gasteiger partial charge in [-0.25, -0.2) is 4.98 Å². The van der Waals surface area contributed by atoms with Gasteiger partial charge in [0, 0.05) is 5.56 Å². The average molecular weight is 290 g/mol. The van der Waals surface area contributed by atoms with Gasteiger partial charge in [0.25, 0.3) is 0 Å². The summed E-state index contributed by atoms with van der Waals surface area (Å²) < 4.78 is 38.2. The minimum absolute atomic E-state index is 0.388. The lowest BCUT2D eigenvalue weighted by atomic mass is 10.1. The van der Waals surface area contributed by atoms with Gasteiger partial charge in [-0.05, 0) is 44.2 Å². The highest BCUT2D eigenvalue weighted by Crippen LogP contribution is 2.31. The molecule has 0 saturated carbocycles. The van der Waals surface area contributed by atoms with Gasteiger partial charge in [0.05, 0.1) is 16.6 Å². The highest BCUT2D eigenvalue weighted by molar-refractivity contribution is 5.80. The number of aromatic amines is 1. The van der Waals surface area contributed by atoms with Crippen LogP contribution >= 0.6 is 0 Å². The van der Waals surface area contributed by atoms with E-state index >= 15 is 0 Å². The molecule has 3 rings (SSSR count). The second-order valence-corrected chi connectivity index (χ2v) is 5.19. The van der Waals surface area contributed by atoms with Crippen LogP contribution in [0.3, 0.4) is 0 Å². The van der Waals surface area contributed by atoms with Crippen molar-refractivity contribution in [3.63, 3.8) is 0 Å². The third kappa shape index (κ3) is 2.63. The Morgan fingerprint density at radius 2 is 1.62 bits per heavy atom. The fourth-order valence-corrected chi connectivity index (χ4v) is 2.43. The van der Waals surface area contributed by atoms with E-state index in [1.807, 2.05) is 32.0 Å². The fourth-order valence-electron chi connectivity index (χ4n) is 2.43. The van der Waals surface area contributed by atoms with Crippen molar-refractivity contribution in [2.45, 2.75) is 20.0 Å². The van der Waals surface area contributed by atoms with E-state index < -0.39 is 11.7 Å². The molecule has 3 aromatic rings. The Morgan fingerprint density at radius 1 is 0.952 bits per heavy atom. The summed E-state index contributed by atoms with van der Waals surface area (Å²) in [6.07, 6.45) is -4.35. The van der Waals surface area contributed by atoms with E-state index in [-0.39, 0.29) is 0 Å². The molecule has 0 aliphatic carbocycles. The number of aryl methyl sites for hydroxylation is 2. The quantitative estimate of drug-likeness (QED) is 0.681. The van der Waals surface area contributed by atoms with Crippen LogP contribution < -0.4 is 0 Å². The number of halogens is 3. The van der Waals surface area contributed by atoms with Gasteiger partial charge in [0.2, 0.25) is 0 Å². The van der Waals surface area contributed by atoms with Crippen LogP contribution in [0, 0.1) is 13.8 Å².